The van der Waals surface area contributed by atoms with E-state index in [1.165, 1.54) is 10.8 Å². The van der Waals surface area contributed by atoms with Gasteiger partial charge in [0.25, 0.3) is 5.56 Å². The second-order valence-corrected chi connectivity index (χ2v) is 9.04. The molecule has 37 heavy (non-hydrogen) atoms. The molecule has 0 spiro atoms. The molecule has 1 fully saturated rings. The number of nitrogens with zero attached hydrogens (tertiary/aromatic N) is 4. The summed E-state index contributed by atoms with van der Waals surface area (Å²) in [6.45, 7) is 4.19. The summed E-state index contributed by atoms with van der Waals surface area (Å²) < 4.78 is 44.1. The van der Waals surface area contributed by atoms with Gasteiger partial charge in [0.15, 0.2) is 6.61 Å². The first-order valence-electron chi connectivity index (χ1n) is 12.2. The number of para-hydroxylation sites is 2. The van der Waals surface area contributed by atoms with Crippen molar-refractivity contribution in [2.45, 2.75) is 32.0 Å². The van der Waals surface area contributed by atoms with E-state index in [9.17, 15) is 22.8 Å². The lowest BCUT2D eigenvalue weighted by atomic mass is 10.00. The molecule has 0 saturated carbocycles. The number of H-pyrrole nitrogens is 1. The second kappa shape index (κ2) is 11.6. The van der Waals surface area contributed by atoms with Gasteiger partial charge in [-0.3, -0.25) is 19.2 Å². The summed E-state index contributed by atoms with van der Waals surface area (Å²) in [7, 11) is 0. The predicted molar refractivity (Wildman–Crippen MR) is 134 cm³/mol. The minimum Gasteiger partial charge on any atom is -0.482 e. The summed E-state index contributed by atoms with van der Waals surface area (Å²) in [6.07, 6.45) is -0.652. The Bertz CT molecular complexity index is 1280. The van der Waals surface area contributed by atoms with Gasteiger partial charge in [0, 0.05) is 62.3 Å². The van der Waals surface area contributed by atoms with Crippen LogP contribution < -0.4 is 20.9 Å². The number of rotatable bonds is 9. The van der Waals surface area contributed by atoms with Crippen LogP contribution in [0.25, 0.3) is 0 Å². The zero-order chi connectivity index (χ0) is 26.4. The number of aromatic nitrogens is 3. The smallest absolute Gasteiger partial charge is 0.422 e. The molecular formula is C26H30F3N5O3. The Morgan fingerprint density at radius 3 is 2.46 bits per heavy atom. The maximum atomic E-state index is 13.0. The Morgan fingerprint density at radius 1 is 1.03 bits per heavy atom. The molecule has 0 bridgehead atoms. The molecule has 0 aliphatic carbocycles. The van der Waals surface area contributed by atoms with Crippen molar-refractivity contribution in [2.75, 3.05) is 44.2 Å². The van der Waals surface area contributed by atoms with Crippen molar-refractivity contribution in [1.82, 2.24) is 19.4 Å². The van der Waals surface area contributed by atoms with E-state index in [-0.39, 0.29) is 23.8 Å². The molecule has 1 aliphatic rings. The molecule has 3 aromatic rings. The number of halogens is 3. The molecule has 1 atom stereocenters. The first-order chi connectivity index (χ1) is 17.7. The van der Waals surface area contributed by atoms with Crippen LogP contribution in [0.4, 0.5) is 18.9 Å². The Hall–Kier alpha value is -3.60. The SMILES string of the molecule is CC(c1ccccn1)c1c[nH]c(=O)n(CCCN2CCN(c3ccccc3OCC(F)(F)F)CC2)c1=O. The van der Waals surface area contributed by atoms with Crippen molar-refractivity contribution in [2.24, 2.45) is 0 Å². The van der Waals surface area contributed by atoms with E-state index in [0.717, 1.165) is 5.69 Å². The number of nitrogens with one attached hydrogen (secondary N) is 1. The van der Waals surface area contributed by atoms with Crippen molar-refractivity contribution in [3.63, 3.8) is 0 Å². The van der Waals surface area contributed by atoms with Crippen LogP contribution in [0.2, 0.25) is 0 Å². The Morgan fingerprint density at radius 2 is 1.76 bits per heavy atom. The summed E-state index contributed by atoms with van der Waals surface area (Å²) in [5.74, 6) is -0.0421. The van der Waals surface area contributed by atoms with Crippen LogP contribution in [0.5, 0.6) is 5.75 Å². The minimum absolute atomic E-state index is 0.215. The molecule has 2 aromatic heterocycles. The molecule has 3 heterocycles. The van der Waals surface area contributed by atoms with E-state index in [2.05, 4.69) is 14.9 Å². The van der Waals surface area contributed by atoms with Crippen molar-refractivity contribution < 1.29 is 17.9 Å². The Kier molecular flexibility index (Phi) is 8.32. The summed E-state index contributed by atoms with van der Waals surface area (Å²) in [5.41, 5.74) is 1.12. The van der Waals surface area contributed by atoms with Gasteiger partial charge in [0.1, 0.15) is 5.75 Å². The number of ether oxygens (including phenoxy) is 1. The number of hydrogen-bond donors (Lipinski definition) is 1. The molecular weight excluding hydrogens is 487 g/mol. The van der Waals surface area contributed by atoms with E-state index in [1.807, 2.05) is 30.0 Å². The normalized spacial score (nSPS) is 15.5. The van der Waals surface area contributed by atoms with Gasteiger partial charge in [-0.25, -0.2) is 4.79 Å². The molecule has 0 radical (unpaired) electrons. The maximum Gasteiger partial charge on any atom is 0.422 e. The number of hydrogen-bond acceptors (Lipinski definition) is 6. The van der Waals surface area contributed by atoms with E-state index < -0.39 is 18.5 Å². The van der Waals surface area contributed by atoms with Crippen LogP contribution in [0.15, 0.2) is 64.4 Å². The number of aromatic amines is 1. The van der Waals surface area contributed by atoms with Crippen LogP contribution in [0.3, 0.4) is 0 Å². The van der Waals surface area contributed by atoms with Crippen LogP contribution >= 0.6 is 0 Å². The van der Waals surface area contributed by atoms with Crippen LogP contribution in [0, 0.1) is 0 Å². The van der Waals surface area contributed by atoms with Crippen molar-refractivity contribution in [1.29, 1.82) is 0 Å². The molecule has 1 aromatic carbocycles. The third-order valence-electron chi connectivity index (χ3n) is 6.51. The lowest BCUT2D eigenvalue weighted by Crippen LogP contribution is -2.47. The van der Waals surface area contributed by atoms with Crippen LogP contribution in [-0.4, -0.2) is 64.9 Å². The van der Waals surface area contributed by atoms with Gasteiger partial charge in [-0.15, -0.1) is 0 Å². The summed E-state index contributed by atoms with van der Waals surface area (Å²) in [5, 5.41) is 0. The largest absolute Gasteiger partial charge is 0.482 e. The van der Waals surface area contributed by atoms with Gasteiger partial charge >= 0.3 is 11.9 Å². The fraction of sp³-hybridized carbons (Fsp3) is 0.423. The maximum absolute atomic E-state index is 13.0. The topological polar surface area (TPSA) is 83.5 Å². The second-order valence-electron chi connectivity index (χ2n) is 9.04. The lowest BCUT2D eigenvalue weighted by Gasteiger charge is -2.36. The number of benzene rings is 1. The molecule has 198 valence electrons. The molecule has 1 unspecified atom stereocenters. The van der Waals surface area contributed by atoms with Gasteiger partial charge in [-0.1, -0.05) is 25.1 Å². The molecule has 1 N–H and O–H groups in total. The quantitative estimate of drug-likeness (QED) is 0.469. The minimum atomic E-state index is -4.40. The average molecular weight is 518 g/mol. The zero-order valence-electron chi connectivity index (χ0n) is 20.6. The van der Waals surface area contributed by atoms with Crippen molar-refractivity contribution in [3.8, 4) is 5.75 Å². The highest BCUT2D eigenvalue weighted by Gasteiger charge is 2.29. The number of piperazine rings is 1. The summed E-state index contributed by atoms with van der Waals surface area (Å²) in [4.78, 5) is 36.6. The predicted octanol–water partition coefficient (Wildman–Crippen LogP) is 3.24. The molecule has 11 heteroatoms. The first kappa shape index (κ1) is 26.5. The Balaban J connectivity index is 1.32. The average Bonchev–Trinajstić information content (AvgIpc) is 2.90. The third-order valence-corrected chi connectivity index (χ3v) is 6.51. The lowest BCUT2D eigenvalue weighted by molar-refractivity contribution is -0.153. The van der Waals surface area contributed by atoms with Gasteiger partial charge < -0.3 is 14.6 Å². The number of pyridine rings is 1. The monoisotopic (exact) mass is 517 g/mol. The molecule has 4 rings (SSSR count). The number of alkyl halides is 3. The van der Waals surface area contributed by atoms with Crippen LogP contribution in [-0.2, 0) is 6.54 Å². The number of anilines is 1. The van der Waals surface area contributed by atoms with Gasteiger partial charge in [-0.2, -0.15) is 13.2 Å². The van der Waals surface area contributed by atoms with E-state index in [4.69, 9.17) is 4.74 Å². The highest BCUT2D eigenvalue weighted by atomic mass is 19.4. The fourth-order valence-corrected chi connectivity index (χ4v) is 4.50. The zero-order valence-corrected chi connectivity index (χ0v) is 20.6. The van der Waals surface area contributed by atoms with E-state index >= 15 is 0 Å². The Labute approximate surface area is 212 Å². The van der Waals surface area contributed by atoms with E-state index in [1.54, 1.807) is 30.5 Å². The van der Waals surface area contributed by atoms with Gasteiger partial charge in [-0.05, 0) is 37.2 Å². The highest BCUT2D eigenvalue weighted by molar-refractivity contribution is 5.58. The van der Waals surface area contributed by atoms with Crippen molar-refractivity contribution in [3.05, 3.63) is 87.0 Å². The van der Waals surface area contributed by atoms with E-state index in [0.29, 0.717) is 50.4 Å². The van der Waals surface area contributed by atoms with Crippen LogP contribution in [0.1, 0.15) is 30.5 Å². The van der Waals surface area contributed by atoms with Crippen molar-refractivity contribution >= 4 is 5.69 Å². The molecule has 1 aliphatic heterocycles. The first-order valence-corrected chi connectivity index (χ1v) is 12.2. The highest BCUT2D eigenvalue weighted by Crippen LogP contribution is 2.30. The summed E-state index contributed by atoms with van der Waals surface area (Å²) in [6, 6.07) is 12.3. The van der Waals surface area contributed by atoms with Gasteiger partial charge in [0.2, 0.25) is 0 Å². The fourth-order valence-electron chi connectivity index (χ4n) is 4.50. The molecule has 8 nitrogen and oxygen atoms in total. The molecule has 1 saturated heterocycles. The molecule has 0 amide bonds. The third kappa shape index (κ3) is 6.79. The summed E-state index contributed by atoms with van der Waals surface area (Å²) >= 11 is 0. The van der Waals surface area contributed by atoms with Gasteiger partial charge in [0.05, 0.1) is 5.69 Å². The standard InChI is InChI=1S/C26H30F3N5O3/c1-19(21-7-4-5-10-30-21)20-17-31-25(36)34(24(20)35)12-6-11-32-13-15-33(16-14-32)22-8-2-3-9-23(22)37-18-26(27,28)29/h2-5,7-10,17,19H,6,11-16,18H2,1H3,(H,31,36).